The van der Waals surface area contributed by atoms with Crippen LogP contribution in [0.15, 0.2) is 35.5 Å². The van der Waals surface area contributed by atoms with Gasteiger partial charge in [-0.15, -0.1) is 0 Å². The van der Waals surface area contributed by atoms with Crippen molar-refractivity contribution in [1.29, 1.82) is 0 Å². The maximum Gasteiger partial charge on any atom is 0.145 e. The summed E-state index contributed by atoms with van der Waals surface area (Å²) in [6.45, 7) is 1.65. The van der Waals surface area contributed by atoms with Crippen molar-refractivity contribution in [2.45, 2.75) is 18.6 Å². The number of hydrogen-bond donors (Lipinski definition) is 1. The number of aliphatic hydroxyl groups is 1. The molecule has 0 amide bonds. The van der Waals surface area contributed by atoms with Gasteiger partial charge in [-0.3, -0.25) is 4.90 Å². The Hall–Kier alpha value is -1.43. The monoisotopic (exact) mass is 278 g/mol. The Morgan fingerprint density at radius 2 is 2.20 bits per heavy atom. The number of aliphatic hydroxyl groups excluding tert-OH is 1. The number of methoxy groups -OCH3 is 1. The van der Waals surface area contributed by atoms with Crippen molar-refractivity contribution in [2.75, 3.05) is 33.9 Å². The normalized spacial score (nSPS) is 19.8. The minimum absolute atomic E-state index is 0.0463. The van der Waals surface area contributed by atoms with Gasteiger partial charge in [0.05, 0.1) is 18.4 Å². The Balaban J connectivity index is 1.77. The lowest BCUT2D eigenvalue weighted by atomic mass is 10.1. The zero-order valence-electron chi connectivity index (χ0n) is 12.0. The van der Waals surface area contributed by atoms with Crippen LogP contribution in [0.2, 0.25) is 0 Å². The van der Waals surface area contributed by atoms with Crippen LogP contribution < -0.4 is 0 Å². The Morgan fingerprint density at radius 3 is 2.90 bits per heavy atom. The molecule has 0 radical (unpaired) electrons. The van der Waals surface area contributed by atoms with Crippen molar-refractivity contribution in [2.24, 2.45) is 5.16 Å². The van der Waals surface area contributed by atoms with Gasteiger partial charge in [-0.2, -0.15) is 0 Å². The van der Waals surface area contributed by atoms with Gasteiger partial charge in [0.1, 0.15) is 6.10 Å². The molecule has 1 heterocycles. The van der Waals surface area contributed by atoms with Crippen molar-refractivity contribution in [3.63, 3.8) is 0 Å². The fourth-order valence-corrected chi connectivity index (χ4v) is 2.35. The van der Waals surface area contributed by atoms with Crippen molar-refractivity contribution >= 4 is 5.71 Å². The average Bonchev–Trinajstić information content (AvgIpc) is 2.88. The van der Waals surface area contributed by atoms with Crippen LogP contribution in [-0.2, 0) is 9.57 Å². The molecule has 2 rings (SSSR count). The van der Waals surface area contributed by atoms with Gasteiger partial charge in [0.25, 0.3) is 0 Å². The summed E-state index contributed by atoms with van der Waals surface area (Å²) < 4.78 is 4.92. The summed E-state index contributed by atoms with van der Waals surface area (Å²) >= 11 is 0. The first-order valence-corrected chi connectivity index (χ1v) is 6.82. The van der Waals surface area contributed by atoms with Gasteiger partial charge in [-0.1, -0.05) is 35.5 Å². The van der Waals surface area contributed by atoms with Crippen LogP contribution >= 0.6 is 0 Å². The van der Waals surface area contributed by atoms with Gasteiger partial charge in [-0.05, 0) is 12.6 Å². The van der Waals surface area contributed by atoms with Crippen LogP contribution in [0.4, 0.5) is 0 Å². The van der Waals surface area contributed by atoms with E-state index in [-0.39, 0.29) is 6.10 Å². The third-order valence-electron chi connectivity index (χ3n) is 3.24. The Labute approximate surface area is 119 Å². The molecule has 0 bridgehead atoms. The van der Waals surface area contributed by atoms with E-state index in [1.54, 1.807) is 7.11 Å². The number of benzene rings is 1. The van der Waals surface area contributed by atoms with Crippen LogP contribution in [0.3, 0.4) is 0 Å². The molecule has 5 nitrogen and oxygen atoms in total. The third kappa shape index (κ3) is 4.30. The first-order valence-electron chi connectivity index (χ1n) is 6.82. The molecule has 20 heavy (non-hydrogen) atoms. The summed E-state index contributed by atoms with van der Waals surface area (Å²) in [5.74, 6) is 0. The number of ether oxygens (including phenoxy) is 1. The lowest BCUT2D eigenvalue weighted by molar-refractivity contribution is 0.0198. The maximum absolute atomic E-state index is 9.69. The van der Waals surface area contributed by atoms with Gasteiger partial charge >= 0.3 is 0 Å². The molecule has 110 valence electrons. The fourth-order valence-electron chi connectivity index (χ4n) is 2.35. The number of rotatable bonds is 7. The molecule has 1 aliphatic heterocycles. The molecule has 1 aliphatic rings. The number of oxime groups is 1. The number of nitrogens with zero attached hydrogens (tertiary/aromatic N) is 2. The average molecular weight is 278 g/mol. The standard InChI is InChI=1S/C15H22N2O3/c1-17(9-13(18)11-19-2)10-14-8-15(16-20-14)12-6-4-3-5-7-12/h3-7,13-14,18H,8-11H2,1-2H3. The van der Waals surface area contributed by atoms with E-state index in [0.717, 1.165) is 24.2 Å². The van der Waals surface area contributed by atoms with E-state index in [9.17, 15) is 5.11 Å². The molecule has 1 N–H and O–H groups in total. The van der Waals surface area contributed by atoms with Crippen LogP contribution in [-0.4, -0.2) is 61.8 Å². The summed E-state index contributed by atoms with van der Waals surface area (Å²) in [6, 6.07) is 10.1. The molecule has 5 heteroatoms. The van der Waals surface area contributed by atoms with Crippen molar-refractivity contribution in [3.8, 4) is 0 Å². The molecule has 0 saturated heterocycles. The number of hydrogen-bond acceptors (Lipinski definition) is 5. The van der Waals surface area contributed by atoms with Gasteiger partial charge in [0.15, 0.2) is 0 Å². The largest absolute Gasteiger partial charge is 0.390 e. The van der Waals surface area contributed by atoms with Gasteiger partial charge < -0.3 is 14.7 Å². The summed E-state index contributed by atoms with van der Waals surface area (Å²) in [5.41, 5.74) is 2.10. The summed E-state index contributed by atoms with van der Waals surface area (Å²) in [4.78, 5) is 7.51. The van der Waals surface area contributed by atoms with E-state index in [0.29, 0.717) is 13.2 Å². The van der Waals surface area contributed by atoms with Gasteiger partial charge in [0.2, 0.25) is 0 Å². The highest BCUT2D eigenvalue weighted by Gasteiger charge is 2.23. The highest BCUT2D eigenvalue weighted by molar-refractivity contribution is 6.01. The Kier molecular flexibility index (Phi) is 5.52. The maximum atomic E-state index is 9.69. The molecule has 0 aliphatic carbocycles. The molecule has 1 aromatic rings. The number of likely N-dealkylation sites (N-methyl/N-ethyl adjacent to an activating group) is 1. The highest BCUT2D eigenvalue weighted by atomic mass is 16.6. The molecule has 1 aromatic carbocycles. The molecular weight excluding hydrogens is 256 g/mol. The fraction of sp³-hybridized carbons (Fsp3) is 0.533. The summed E-state index contributed by atoms with van der Waals surface area (Å²) in [5, 5.41) is 13.8. The molecule has 0 saturated carbocycles. The molecule has 2 atom stereocenters. The Morgan fingerprint density at radius 1 is 1.45 bits per heavy atom. The molecule has 0 spiro atoms. The van der Waals surface area contributed by atoms with Crippen LogP contribution in [0.25, 0.3) is 0 Å². The van der Waals surface area contributed by atoms with Crippen molar-refractivity contribution in [3.05, 3.63) is 35.9 Å². The molecule has 2 unspecified atom stereocenters. The van der Waals surface area contributed by atoms with E-state index in [2.05, 4.69) is 5.16 Å². The van der Waals surface area contributed by atoms with Crippen molar-refractivity contribution in [1.82, 2.24) is 4.90 Å². The zero-order chi connectivity index (χ0) is 14.4. The summed E-state index contributed by atoms with van der Waals surface area (Å²) in [7, 11) is 3.55. The lowest BCUT2D eigenvalue weighted by Gasteiger charge is -2.22. The molecule has 0 fully saturated rings. The van der Waals surface area contributed by atoms with Crippen LogP contribution in [0.5, 0.6) is 0 Å². The second-order valence-corrected chi connectivity index (χ2v) is 5.17. The van der Waals surface area contributed by atoms with Crippen molar-refractivity contribution < 1.29 is 14.7 Å². The summed E-state index contributed by atoms with van der Waals surface area (Å²) in [6.07, 6.45) is 0.375. The zero-order valence-corrected chi connectivity index (χ0v) is 12.0. The van der Waals surface area contributed by atoms with Gasteiger partial charge in [0, 0.05) is 26.6 Å². The lowest BCUT2D eigenvalue weighted by Crippen LogP contribution is -2.36. The van der Waals surface area contributed by atoms with Crippen LogP contribution in [0, 0.1) is 0 Å². The minimum Gasteiger partial charge on any atom is -0.390 e. The van der Waals surface area contributed by atoms with E-state index >= 15 is 0 Å². The molecule has 0 aromatic heterocycles. The smallest absolute Gasteiger partial charge is 0.145 e. The predicted octanol–water partition coefficient (Wildman–Crippen LogP) is 1.12. The van der Waals surface area contributed by atoms with E-state index in [1.807, 2.05) is 42.3 Å². The SMILES string of the molecule is COCC(O)CN(C)CC1CC(c2ccccc2)=NO1. The topological polar surface area (TPSA) is 54.3 Å². The van der Waals surface area contributed by atoms with E-state index in [4.69, 9.17) is 9.57 Å². The van der Waals surface area contributed by atoms with E-state index in [1.165, 1.54) is 0 Å². The highest BCUT2D eigenvalue weighted by Crippen LogP contribution is 2.17. The quantitative estimate of drug-likeness (QED) is 0.812. The van der Waals surface area contributed by atoms with Gasteiger partial charge in [-0.25, -0.2) is 0 Å². The molecular formula is C15H22N2O3. The second kappa shape index (κ2) is 7.38. The van der Waals surface area contributed by atoms with E-state index < -0.39 is 6.10 Å². The minimum atomic E-state index is -0.471. The van der Waals surface area contributed by atoms with Crippen LogP contribution in [0.1, 0.15) is 12.0 Å². The predicted molar refractivity (Wildman–Crippen MR) is 77.8 cm³/mol. The Bertz CT molecular complexity index is 436. The third-order valence-corrected chi connectivity index (χ3v) is 3.24. The second-order valence-electron chi connectivity index (χ2n) is 5.17. The first kappa shape index (κ1) is 15.0. The first-order chi connectivity index (χ1) is 9.69.